The average molecular weight is 348 g/mol. The lowest BCUT2D eigenvalue weighted by molar-refractivity contribution is -0.188. The Balaban J connectivity index is 1.93. The van der Waals surface area contributed by atoms with Crippen LogP contribution in [0.25, 0.3) is 0 Å². The summed E-state index contributed by atoms with van der Waals surface area (Å²) >= 11 is 0. The summed E-state index contributed by atoms with van der Waals surface area (Å²) in [4.78, 5) is 13.3. The fourth-order valence-electron chi connectivity index (χ4n) is 3.01. The van der Waals surface area contributed by atoms with Crippen molar-refractivity contribution in [2.24, 2.45) is 0 Å². The molecule has 1 aromatic rings. The first-order valence-electron chi connectivity index (χ1n) is 7.59. The van der Waals surface area contributed by atoms with Crippen molar-refractivity contribution >= 4 is 5.91 Å². The molecule has 0 bridgehead atoms. The predicted molar refractivity (Wildman–Crippen MR) is 80.3 cm³/mol. The minimum Gasteiger partial charge on any atom is -0.496 e. The van der Waals surface area contributed by atoms with Crippen molar-refractivity contribution in [3.63, 3.8) is 0 Å². The number of ether oxygens (including phenoxy) is 1. The molecule has 0 aliphatic carbocycles. The van der Waals surface area contributed by atoms with E-state index in [9.17, 15) is 22.4 Å². The number of likely N-dealkylation sites (tertiary alicyclic amines) is 1. The topological polar surface area (TPSA) is 41.6 Å². The molecule has 1 aliphatic rings. The minimum absolute atomic E-state index is 0.0613. The van der Waals surface area contributed by atoms with Gasteiger partial charge in [0.1, 0.15) is 17.6 Å². The normalized spacial score (nSPS) is 22.2. The minimum atomic E-state index is -4.27. The molecular formula is C16H20F4N2O2. The average Bonchev–Trinajstić information content (AvgIpc) is 2.46. The van der Waals surface area contributed by atoms with Gasteiger partial charge >= 0.3 is 6.18 Å². The number of methoxy groups -OCH3 is 1. The molecule has 0 saturated carbocycles. The Morgan fingerprint density at radius 2 is 2.08 bits per heavy atom. The van der Waals surface area contributed by atoms with Crippen LogP contribution in [0.3, 0.4) is 0 Å². The highest BCUT2D eigenvalue weighted by Gasteiger charge is 2.44. The van der Waals surface area contributed by atoms with Crippen LogP contribution in [0.4, 0.5) is 17.6 Å². The van der Waals surface area contributed by atoms with E-state index >= 15 is 0 Å². The number of hydrogen-bond acceptors (Lipinski definition) is 3. The van der Waals surface area contributed by atoms with Gasteiger partial charge in [0.25, 0.3) is 0 Å². The smallest absolute Gasteiger partial charge is 0.404 e. The van der Waals surface area contributed by atoms with E-state index in [2.05, 4.69) is 5.32 Å². The van der Waals surface area contributed by atoms with E-state index in [1.165, 1.54) is 37.3 Å². The van der Waals surface area contributed by atoms with Crippen molar-refractivity contribution < 1.29 is 27.1 Å². The van der Waals surface area contributed by atoms with Crippen LogP contribution in [0.1, 0.15) is 18.4 Å². The molecule has 1 heterocycles. The Kier molecular flexibility index (Phi) is 5.69. The molecule has 0 unspecified atom stereocenters. The third-order valence-electron chi connectivity index (χ3n) is 4.17. The number of nitrogens with zero attached hydrogens (tertiary/aromatic N) is 1. The molecule has 134 valence electrons. The molecule has 1 aliphatic heterocycles. The number of rotatable bonds is 4. The van der Waals surface area contributed by atoms with Crippen LogP contribution in [0.5, 0.6) is 5.75 Å². The largest absolute Gasteiger partial charge is 0.496 e. The first-order valence-corrected chi connectivity index (χ1v) is 7.59. The van der Waals surface area contributed by atoms with E-state index < -0.39 is 18.0 Å². The monoisotopic (exact) mass is 348 g/mol. The van der Waals surface area contributed by atoms with Crippen LogP contribution in [0.2, 0.25) is 0 Å². The van der Waals surface area contributed by atoms with Gasteiger partial charge in [-0.05, 0) is 38.1 Å². The standard InChI is InChI=1S/C16H20F4N2O2/c1-22-9-12(4-6-14(22)16(18,19)20)21-15(23)8-10-7-11(17)3-5-13(10)24-2/h3,5,7,12,14H,4,6,8-9H2,1-2H3,(H,21,23)/t12-,14+/m0/s1. The van der Waals surface area contributed by atoms with E-state index in [1.54, 1.807) is 0 Å². The van der Waals surface area contributed by atoms with Crippen molar-refractivity contribution in [3.8, 4) is 5.75 Å². The van der Waals surface area contributed by atoms with Crippen molar-refractivity contribution in [1.82, 2.24) is 10.2 Å². The van der Waals surface area contributed by atoms with E-state index in [0.717, 1.165) is 0 Å². The number of nitrogens with one attached hydrogen (secondary N) is 1. The molecule has 0 radical (unpaired) electrons. The molecule has 1 N–H and O–H groups in total. The fraction of sp³-hybridized carbons (Fsp3) is 0.562. The number of carbonyl (C=O) groups excluding carboxylic acids is 1. The molecule has 1 amide bonds. The molecule has 2 atom stereocenters. The van der Waals surface area contributed by atoms with Crippen molar-refractivity contribution in [1.29, 1.82) is 0 Å². The van der Waals surface area contributed by atoms with Gasteiger partial charge in [-0.3, -0.25) is 9.69 Å². The predicted octanol–water partition coefficient (Wildman–Crippen LogP) is 2.52. The molecule has 1 saturated heterocycles. The number of likely N-dealkylation sites (N-methyl/N-ethyl adjacent to an activating group) is 1. The first kappa shape index (κ1) is 18.5. The number of piperidine rings is 1. The van der Waals surface area contributed by atoms with Gasteiger partial charge in [-0.15, -0.1) is 0 Å². The van der Waals surface area contributed by atoms with E-state index in [0.29, 0.717) is 11.3 Å². The van der Waals surface area contributed by atoms with Crippen LogP contribution in [-0.4, -0.2) is 49.8 Å². The van der Waals surface area contributed by atoms with Crippen LogP contribution < -0.4 is 10.1 Å². The summed E-state index contributed by atoms with van der Waals surface area (Å²) in [5, 5.41) is 2.71. The van der Waals surface area contributed by atoms with Crippen LogP contribution in [0, 0.1) is 5.82 Å². The van der Waals surface area contributed by atoms with Gasteiger partial charge in [0.05, 0.1) is 13.5 Å². The molecule has 1 fully saturated rings. The molecule has 2 rings (SSSR count). The lowest BCUT2D eigenvalue weighted by Gasteiger charge is -2.38. The lowest BCUT2D eigenvalue weighted by atomic mass is 9.98. The van der Waals surface area contributed by atoms with Crippen molar-refractivity contribution in [2.75, 3.05) is 20.7 Å². The van der Waals surface area contributed by atoms with E-state index in [1.807, 2.05) is 0 Å². The molecule has 0 spiro atoms. The molecule has 24 heavy (non-hydrogen) atoms. The second kappa shape index (κ2) is 7.38. The summed E-state index contributed by atoms with van der Waals surface area (Å²) in [6.45, 7) is 0.121. The van der Waals surface area contributed by atoms with Gasteiger partial charge in [0.2, 0.25) is 5.91 Å². The Morgan fingerprint density at radius 3 is 2.67 bits per heavy atom. The van der Waals surface area contributed by atoms with Gasteiger partial charge < -0.3 is 10.1 Å². The number of halogens is 4. The molecule has 0 aromatic heterocycles. The molecular weight excluding hydrogens is 328 g/mol. The molecule has 1 aromatic carbocycles. The van der Waals surface area contributed by atoms with Gasteiger partial charge in [-0.2, -0.15) is 13.2 Å². The summed E-state index contributed by atoms with van der Waals surface area (Å²) in [7, 11) is 2.81. The third kappa shape index (κ3) is 4.59. The first-order chi connectivity index (χ1) is 11.2. The van der Waals surface area contributed by atoms with E-state index in [-0.39, 0.29) is 37.8 Å². The zero-order valence-electron chi connectivity index (χ0n) is 13.5. The van der Waals surface area contributed by atoms with Crippen LogP contribution in [-0.2, 0) is 11.2 Å². The quantitative estimate of drug-likeness (QED) is 0.851. The number of carbonyl (C=O) groups is 1. The Morgan fingerprint density at radius 1 is 1.38 bits per heavy atom. The maximum absolute atomic E-state index is 13.3. The Labute approximate surface area is 137 Å². The zero-order valence-corrected chi connectivity index (χ0v) is 13.5. The fourth-order valence-corrected chi connectivity index (χ4v) is 3.01. The summed E-state index contributed by atoms with van der Waals surface area (Å²) in [6.07, 6.45) is -4.17. The summed E-state index contributed by atoms with van der Waals surface area (Å²) in [5.41, 5.74) is 0.396. The van der Waals surface area contributed by atoms with Crippen LogP contribution in [0.15, 0.2) is 18.2 Å². The molecule has 8 heteroatoms. The SMILES string of the molecule is COc1ccc(F)cc1CC(=O)N[C@H]1CC[C@H](C(F)(F)F)N(C)C1. The number of hydrogen-bond donors (Lipinski definition) is 1. The zero-order chi connectivity index (χ0) is 17.9. The molecule has 4 nitrogen and oxygen atoms in total. The highest BCUT2D eigenvalue weighted by molar-refractivity contribution is 5.79. The highest BCUT2D eigenvalue weighted by Crippen LogP contribution is 2.31. The maximum Gasteiger partial charge on any atom is 0.404 e. The summed E-state index contributed by atoms with van der Waals surface area (Å²) in [6, 6.07) is 2.04. The van der Waals surface area contributed by atoms with Gasteiger partial charge in [0.15, 0.2) is 0 Å². The lowest BCUT2D eigenvalue weighted by Crippen LogP contribution is -2.54. The second-order valence-corrected chi connectivity index (χ2v) is 5.97. The van der Waals surface area contributed by atoms with Gasteiger partial charge in [-0.1, -0.05) is 0 Å². The Hall–Kier alpha value is -1.83. The Bertz CT molecular complexity index is 592. The van der Waals surface area contributed by atoms with E-state index in [4.69, 9.17) is 4.74 Å². The third-order valence-corrected chi connectivity index (χ3v) is 4.17. The van der Waals surface area contributed by atoms with Crippen molar-refractivity contribution in [2.45, 2.75) is 37.5 Å². The van der Waals surface area contributed by atoms with Crippen LogP contribution >= 0.6 is 0 Å². The number of amides is 1. The second-order valence-electron chi connectivity index (χ2n) is 5.97. The van der Waals surface area contributed by atoms with Gasteiger partial charge in [0, 0.05) is 18.2 Å². The van der Waals surface area contributed by atoms with Gasteiger partial charge in [-0.25, -0.2) is 4.39 Å². The summed E-state index contributed by atoms with van der Waals surface area (Å²) in [5.74, 6) is -0.462. The maximum atomic E-state index is 13.3. The number of benzene rings is 1. The highest BCUT2D eigenvalue weighted by atomic mass is 19.4. The van der Waals surface area contributed by atoms with Crippen molar-refractivity contribution in [3.05, 3.63) is 29.6 Å². The summed E-state index contributed by atoms with van der Waals surface area (Å²) < 4.78 is 56.8. The number of alkyl halides is 3.